The fourth-order valence-electron chi connectivity index (χ4n) is 1.63. The molecule has 0 aliphatic carbocycles. The lowest BCUT2D eigenvalue weighted by molar-refractivity contribution is 0.310. The summed E-state index contributed by atoms with van der Waals surface area (Å²) in [6, 6.07) is 3.86. The van der Waals surface area contributed by atoms with Crippen LogP contribution in [0.2, 0.25) is 5.02 Å². The SMILES string of the molecule is CCCOc1c(CN)cc(Cl)cc1C(C)C. The lowest BCUT2D eigenvalue weighted by Gasteiger charge is -2.17. The van der Waals surface area contributed by atoms with Gasteiger partial charge in [-0.3, -0.25) is 0 Å². The van der Waals surface area contributed by atoms with Crippen molar-refractivity contribution in [2.24, 2.45) is 5.73 Å². The zero-order valence-corrected chi connectivity index (χ0v) is 11.0. The van der Waals surface area contributed by atoms with Crippen molar-refractivity contribution in [3.05, 3.63) is 28.3 Å². The van der Waals surface area contributed by atoms with Crippen LogP contribution in [0.5, 0.6) is 5.75 Å². The molecule has 0 unspecified atom stereocenters. The summed E-state index contributed by atoms with van der Waals surface area (Å²) in [6.45, 7) is 7.52. The summed E-state index contributed by atoms with van der Waals surface area (Å²) < 4.78 is 5.79. The molecule has 2 N–H and O–H groups in total. The van der Waals surface area contributed by atoms with E-state index in [4.69, 9.17) is 22.1 Å². The van der Waals surface area contributed by atoms with E-state index in [1.807, 2.05) is 12.1 Å². The van der Waals surface area contributed by atoms with Crippen molar-refractivity contribution in [1.29, 1.82) is 0 Å². The molecular formula is C13H20ClNO. The van der Waals surface area contributed by atoms with Crippen molar-refractivity contribution in [2.45, 2.75) is 39.7 Å². The Morgan fingerprint density at radius 3 is 2.56 bits per heavy atom. The van der Waals surface area contributed by atoms with E-state index in [0.29, 0.717) is 19.1 Å². The molecule has 0 bridgehead atoms. The van der Waals surface area contributed by atoms with Crippen LogP contribution < -0.4 is 10.5 Å². The zero-order chi connectivity index (χ0) is 12.1. The normalized spacial score (nSPS) is 10.9. The van der Waals surface area contributed by atoms with E-state index in [2.05, 4.69) is 20.8 Å². The minimum atomic E-state index is 0.385. The van der Waals surface area contributed by atoms with Crippen LogP contribution in [-0.2, 0) is 6.54 Å². The molecule has 90 valence electrons. The van der Waals surface area contributed by atoms with Crippen LogP contribution in [0, 0.1) is 0 Å². The van der Waals surface area contributed by atoms with Gasteiger partial charge in [-0.05, 0) is 30.0 Å². The summed E-state index contributed by atoms with van der Waals surface area (Å²) in [5, 5.41) is 0.730. The first-order valence-corrected chi connectivity index (χ1v) is 6.13. The monoisotopic (exact) mass is 241 g/mol. The molecule has 0 fully saturated rings. The summed E-state index contributed by atoms with van der Waals surface area (Å²) in [4.78, 5) is 0. The topological polar surface area (TPSA) is 35.2 Å². The maximum absolute atomic E-state index is 6.07. The Morgan fingerprint density at radius 1 is 1.38 bits per heavy atom. The van der Waals surface area contributed by atoms with E-state index >= 15 is 0 Å². The van der Waals surface area contributed by atoms with Gasteiger partial charge in [0.15, 0.2) is 0 Å². The van der Waals surface area contributed by atoms with E-state index in [0.717, 1.165) is 28.3 Å². The fraction of sp³-hybridized carbons (Fsp3) is 0.538. The largest absolute Gasteiger partial charge is 0.493 e. The smallest absolute Gasteiger partial charge is 0.127 e. The van der Waals surface area contributed by atoms with Crippen LogP contribution in [0.3, 0.4) is 0 Å². The van der Waals surface area contributed by atoms with Gasteiger partial charge in [0.25, 0.3) is 0 Å². The highest BCUT2D eigenvalue weighted by atomic mass is 35.5. The summed E-state index contributed by atoms with van der Waals surface area (Å²) in [5.41, 5.74) is 7.85. The van der Waals surface area contributed by atoms with Crippen LogP contribution in [0.4, 0.5) is 0 Å². The van der Waals surface area contributed by atoms with E-state index < -0.39 is 0 Å². The summed E-state index contributed by atoms with van der Waals surface area (Å²) in [6.07, 6.45) is 0.990. The number of ether oxygens (including phenoxy) is 1. The lowest BCUT2D eigenvalue weighted by Crippen LogP contribution is -2.07. The third-order valence-electron chi connectivity index (χ3n) is 2.45. The molecule has 3 heteroatoms. The number of rotatable bonds is 5. The van der Waals surface area contributed by atoms with Gasteiger partial charge in [0.2, 0.25) is 0 Å². The molecule has 2 nitrogen and oxygen atoms in total. The van der Waals surface area contributed by atoms with E-state index in [1.165, 1.54) is 0 Å². The van der Waals surface area contributed by atoms with Gasteiger partial charge in [-0.2, -0.15) is 0 Å². The lowest BCUT2D eigenvalue weighted by atomic mass is 9.99. The average Bonchev–Trinajstić information content (AvgIpc) is 2.26. The van der Waals surface area contributed by atoms with Crippen LogP contribution in [0.25, 0.3) is 0 Å². The van der Waals surface area contributed by atoms with Crippen molar-refractivity contribution in [2.75, 3.05) is 6.61 Å². The predicted molar refractivity (Wildman–Crippen MR) is 69.2 cm³/mol. The van der Waals surface area contributed by atoms with Gasteiger partial charge in [0.05, 0.1) is 6.61 Å². The highest BCUT2D eigenvalue weighted by molar-refractivity contribution is 6.30. The van der Waals surface area contributed by atoms with Gasteiger partial charge in [0.1, 0.15) is 5.75 Å². The second-order valence-electron chi connectivity index (χ2n) is 4.19. The molecule has 0 aliphatic rings. The van der Waals surface area contributed by atoms with Crippen LogP contribution >= 0.6 is 11.6 Å². The van der Waals surface area contributed by atoms with Crippen molar-refractivity contribution in [3.63, 3.8) is 0 Å². The highest BCUT2D eigenvalue weighted by Crippen LogP contribution is 2.33. The van der Waals surface area contributed by atoms with Crippen molar-refractivity contribution in [3.8, 4) is 5.75 Å². The standard InChI is InChI=1S/C13H20ClNO/c1-4-5-16-13-10(8-15)6-11(14)7-12(13)9(2)3/h6-7,9H,4-5,8,15H2,1-3H3. The molecule has 0 atom stereocenters. The number of halogens is 1. The second-order valence-corrected chi connectivity index (χ2v) is 4.63. The van der Waals surface area contributed by atoms with Gasteiger partial charge >= 0.3 is 0 Å². The molecule has 16 heavy (non-hydrogen) atoms. The number of benzene rings is 1. The average molecular weight is 242 g/mol. The highest BCUT2D eigenvalue weighted by Gasteiger charge is 2.13. The molecule has 0 amide bonds. The molecule has 1 rings (SSSR count). The fourth-order valence-corrected chi connectivity index (χ4v) is 1.88. The first-order chi connectivity index (χ1) is 7.60. The molecule has 1 aromatic carbocycles. The summed E-state index contributed by atoms with van der Waals surface area (Å²) in [7, 11) is 0. The predicted octanol–water partition coefficient (Wildman–Crippen LogP) is 3.71. The Balaban J connectivity index is 3.16. The summed E-state index contributed by atoms with van der Waals surface area (Å²) >= 11 is 6.07. The molecule has 1 aromatic rings. The molecule has 0 saturated heterocycles. The van der Waals surface area contributed by atoms with Crippen LogP contribution in [0.15, 0.2) is 12.1 Å². The quantitative estimate of drug-likeness (QED) is 0.853. The number of hydrogen-bond acceptors (Lipinski definition) is 2. The van der Waals surface area contributed by atoms with E-state index in [-0.39, 0.29) is 0 Å². The molecule has 0 radical (unpaired) electrons. The van der Waals surface area contributed by atoms with Crippen molar-refractivity contribution >= 4 is 11.6 Å². The van der Waals surface area contributed by atoms with Gasteiger partial charge in [0, 0.05) is 17.1 Å². The molecule has 0 aromatic heterocycles. The zero-order valence-electron chi connectivity index (χ0n) is 10.2. The first-order valence-electron chi connectivity index (χ1n) is 5.75. The summed E-state index contributed by atoms with van der Waals surface area (Å²) in [5.74, 6) is 1.31. The minimum absolute atomic E-state index is 0.385. The Bertz CT molecular complexity index is 350. The van der Waals surface area contributed by atoms with Gasteiger partial charge < -0.3 is 10.5 Å². The minimum Gasteiger partial charge on any atom is -0.493 e. The molecule has 0 heterocycles. The van der Waals surface area contributed by atoms with Crippen LogP contribution in [-0.4, -0.2) is 6.61 Å². The van der Waals surface area contributed by atoms with E-state index in [1.54, 1.807) is 0 Å². The molecule has 0 saturated carbocycles. The maximum atomic E-state index is 6.07. The van der Waals surface area contributed by atoms with Gasteiger partial charge in [-0.25, -0.2) is 0 Å². The molecule has 0 aliphatic heterocycles. The third-order valence-corrected chi connectivity index (χ3v) is 2.67. The Kier molecular flexibility index (Phi) is 5.10. The van der Waals surface area contributed by atoms with Crippen molar-refractivity contribution < 1.29 is 4.74 Å². The Hall–Kier alpha value is -0.730. The van der Waals surface area contributed by atoms with E-state index in [9.17, 15) is 0 Å². The second kappa shape index (κ2) is 6.12. The number of nitrogens with two attached hydrogens (primary N) is 1. The first kappa shape index (κ1) is 13.3. The van der Waals surface area contributed by atoms with Crippen molar-refractivity contribution in [1.82, 2.24) is 0 Å². The molecule has 0 spiro atoms. The maximum Gasteiger partial charge on any atom is 0.127 e. The Morgan fingerprint density at radius 2 is 2.06 bits per heavy atom. The Labute approximate surface area is 103 Å². The van der Waals surface area contributed by atoms with Gasteiger partial charge in [-0.15, -0.1) is 0 Å². The van der Waals surface area contributed by atoms with Gasteiger partial charge in [-0.1, -0.05) is 32.4 Å². The molecular weight excluding hydrogens is 222 g/mol. The number of hydrogen-bond donors (Lipinski definition) is 1. The van der Waals surface area contributed by atoms with Crippen LogP contribution in [0.1, 0.15) is 44.2 Å². The third kappa shape index (κ3) is 3.13.